The second-order valence-corrected chi connectivity index (χ2v) is 6.36. The Kier molecular flexibility index (Phi) is 5.97. The summed E-state index contributed by atoms with van der Waals surface area (Å²) in [6, 6.07) is 0. The van der Waals surface area contributed by atoms with Crippen LogP contribution in [0.25, 0.3) is 0 Å². The highest BCUT2D eigenvalue weighted by molar-refractivity contribution is 4.80. The van der Waals surface area contributed by atoms with E-state index in [4.69, 9.17) is 4.74 Å². The van der Waals surface area contributed by atoms with E-state index < -0.39 is 0 Å². The van der Waals surface area contributed by atoms with E-state index in [-0.39, 0.29) is 6.10 Å². The van der Waals surface area contributed by atoms with Gasteiger partial charge in [-0.1, -0.05) is 26.2 Å². The van der Waals surface area contributed by atoms with Gasteiger partial charge < -0.3 is 9.84 Å². The average Bonchev–Trinajstić information content (AvgIpc) is 2.86. The molecule has 4 unspecified atom stereocenters. The maximum absolute atomic E-state index is 10.1. The van der Waals surface area contributed by atoms with Crippen LogP contribution in [-0.4, -0.2) is 23.9 Å². The van der Waals surface area contributed by atoms with Crippen molar-refractivity contribution in [3.63, 3.8) is 0 Å². The van der Waals surface area contributed by atoms with Crippen LogP contribution in [0.5, 0.6) is 0 Å². The first-order valence-corrected chi connectivity index (χ1v) is 8.09. The van der Waals surface area contributed by atoms with Crippen LogP contribution in [0.2, 0.25) is 0 Å². The summed E-state index contributed by atoms with van der Waals surface area (Å²) >= 11 is 0. The van der Waals surface area contributed by atoms with Crippen LogP contribution >= 0.6 is 0 Å². The predicted octanol–water partition coefficient (Wildman–Crippen LogP) is 3.91. The fraction of sp³-hybridized carbons (Fsp3) is 1.00. The van der Waals surface area contributed by atoms with E-state index in [9.17, 15) is 5.11 Å². The Hall–Kier alpha value is -0.0800. The Morgan fingerprint density at radius 3 is 2.72 bits per heavy atom. The van der Waals surface area contributed by atoms with Crippen LogP contribution in [0.15, 0.2) is 0 Å². The highest BCUT2D eigenvalue weighted by Gasteiger charge is 2.28. The van der Waals surface area contributed by atoms with Gasteiger partial charge in [0.25, 0.3) is 0 Å². The molecule has 1 saturated carbocycles. The molecule has 2 fully saturated rings. The van der Waals surface area contributed by atoms with Crippen molar-refractivity contribution in [3.05, 3.63) is 0 Å². The van der Waals surface area contributed by atoms with Gasteiger partial charge in [-0.3, -0.25) is 0 Å². The van der Waals surface area contributed by atoms with Crippen LogP contribution in [0, 0.1) is 11.8 Å². The lowest BCUT2D eigenvalue weighted by molar-refractivity contribution is 0.0368. The Balaban J connectivity index is 1.65. The lowest BCUT2D eigenvalue weighted by atomic mass is 9.75. The van der Waals surface area contributed by atoms with Crippen molar-refractivity contribution in [1.29, 1.82) is 0 Å². The molecule has 2 aliphatic rings. The first kappa shape index (κ1) is 14.3. The zero-order chi connectivity index (χ0) is 12.8. The minimum atomic E-state index is -0.0254. The van der Waals surface area contributed by atoms with E-state index in [0.29, 0.717) is 12.0 Å². The molecule has 0 amide bonds. The Morgan fingerprint density at radius 2 is 2.00 bits per heavy atom. The largest absolute Gasteiger partial charge is 0.393 e. The smallest absolute Gasteiger partial charge is 0.0576 e. The van der Waals surface area contributed by atoms with Gasteiger partial charge >= 0.3 is 0 Å². The number of aliphatic hydroxyl groups excluding tert-OH is 1. The Bertz CT molecular complexity index is 223. The van der Waals surface area contributed by atoms with Crippen molar-refractivity contribution in [2.75, 3.05) is 6.61 Å². The number of hydrogen-bond donors (Lipinski definition) is 1. The SMILES string of the molecule is CCCC1CCC(O)C(CCCC2CCCO2)C1. The van der Waals surface area contributed by atoms with Crippen molar-refractivity contribution in [1.82, 2.24) is 0 Å². The minimum Gasteiger partial charge on any atom is -0.393 e. The van der Waals surface area contributed by atoms with Gasteiger partial charge in [0.2, 0.25) is 0 Å². The zero-order valence-corrected chi connectivity index (χ0v) is 11.9. The van der Waals surface area contributed by atoms with E-state index in [2.05, 4.69) is 6.92 Å². The normalized spacial score (nSPS) is 37.0. The van der Waals surface area contributed by atoms with Gasteiger partial charge in [0, 0.05) is 6.61 Å². The fourth-order valence-electron chi connectivity index (χ4n) is 3.81. The molecule has 18 heavy (non-hydrogen) atoms. The van der Waals surface area contributed by atoms with Gasteiger partial charge in [0.15, 0.2) is 0 Å². The molecular weight excluding hydrogens is 224 g/mol. The molecule has 1 saturated heterocycles. The minimum absolute atomic E-state index is 0.0254. The molecule has 0 spiro atoms. The number of hydrogen-bond acceptors (Lipinski definition) is 2. The van der Waals surface area contributed by atoms with Crippen LogP contribution < -0.4 is 0 Å². The highest BCUT2D eigenvalue weighted by Crippen LogP contribution is 2.35. The van der Waals surface area contributed by atoms with E-state index in [0.717, 1.165) is 18.9 Å². The average molecular weight is 254 g/mol. The molecule has 0 aromatic carbocycles. The number of aliphatic hydroxyl groups is 1. The molecule has 0 aromatic rings. The summed E-state index contributed by atoms with van der Waals surface area (Å²) in [5, 5.41) is 10.1. The molecule has 1 aliphatic carbocycles. The number of rotatable bonds is 6. The van der Waals surface area contributed by atoms with Crippen molar-refractivity contribution >= 4 is 0 Å². The van der Waals surface area contributed by atoms with Crippen molar-refractivity contribution in [2.45, 2.75) is 83.3 Å². The first-order valence-electron chi connectivity index (χ1n) is 8.09. The maximum atomic E-state index is 10.1. The molecule has 2 heteroatoms. The summed E-state index contributed by atoms with van der Waals surface area (Å²) in [7, 11) is 0. The third-order valence-electron chi connectivity index (χ3n) is 4.87. The van der Waals surface area contributed by atoms with Gasteiger partial charge in [-0.2, -0.15) is 0 Å². The molecule has 1 heterocycles. The Morgan fingerprint density at radius 1 is 1.11 bits per heavy atom. The summed E-state index contributed by atoms with van der Waals surface area (Å²) in [4.78, 5) is 0. The fourth-order valence-corrected chi connectivity index (χ4v) is 3.81. The molecule has 1 aliphatic heterocycles. The highest BCUT2D eigenvalue weighted by atomic mass is 16.5. The zero-order valence-electron chi connectivity index (χ0n) is 11.9. The van der Waals surface area contributed by atoms with Crippen LogP contribution in [0.4, 0.5) is 0 Å². The van der Waals surface area contributed by atoms with Crippen LogP contribution in [0.1, 0.15) is 71.1 Å². The molecule has 2 rings (SSSR count). The summed E-state index contributed by atoms with van der Waals surface area (Å²) < 4.78 is 5.67. The van der Waals surface area contributed by atoms with Crippen molar-refractivity contribution < 1.29 is 9.84 Å². The number of ether oxygens (including phenoxy) is 1. The molecule has 1 N–H and O–H groups in total. The van der Waals surface area contributed by atoms with Crippen molar-refractivity contribution in [3.8, 4) is 0 Å². The van der Waals surface area contributed by atoms with E-state index in [1.807, 2.05) is 0 Å². The second kappa shape index (κ2) is 7.49. The molecule has 0 aromatic heterocycles. The quantitative estimate of drug-likeness (QED) is 0.778. The third kappa shape index (κ3) is 4.24. The monoisotopic (exact) mass is 254 g/mol. The van der Waals surface area contributed by atoms with Crippen LogP contribution in [-0.2, 0) is 4.74 Å². The standard InChI is InChI=1S/C16H30O2/c1-2-5-13-9-10-16(17)14(12-13)6-3-7-15-8-4-11-18-15/h13-17H,2-12H2,1H3. The topological polar surface area (TPSA) is 29.5 Å². The summed E-state index contributed by atoms with van der Waals surface area (Å²) in [5.74, 6) is 1.45. The van der Waals surface area contributed by atoms with E-state index in [1.54, 1.807) is 0 Å². The van der Waals surface area contributed by atoms with Crippen LogP contribution in [0.3, 0.4) is 0 Å². The van der Waals surface area contributed by atoms with E-state index in [1.165, 1.54) is 57.8 Å². The van der Waals surface area contributed by atoms with Gasteiger partial charge in [-0.25, -0.2) is 0 Å². The maximum Gasteiger partial charge on any atom is 0.0576 e. The van der Waals surface area contributed by atoms with Gasteiger partial charge in [0.05, 0.1) is 12.2 Å². The molecule has 2 nitrogen and oxygen atoms in total. The predicted molar refractivity (Wildman–Crippen MR) is 74.6 cm³/mol. The summed E-state index contributed by atoms with van der Waals surface area (Å²) in [5.41, 5.74) is 0. The molecular formula is C16H30O2. The van der Waals surface area contributed by atoms with Crippen molar-refractivity contribution in [2.24, 2.45) is 11.8 Å². The van der Waals surface area contributed by atoms with Gasteiger partial charge in [-0.05, 0) is 56.8 Å². The molecule has 0 radical (unpaired) electrons. The molecule has 4 atom stereocenters. The van der Waals surface area contributed by atoms with Gasteiger partial charge in [-0.15, -0.1) is 0 Å². The van der Waals surface area contributed by atoms with E-state index >= 15 is 0 Å². The molecule has 106 valence electrons. The molecule has 0 bridgehead atoms. The first-order chi connectivity index (χ1) is 8.79. The van der Waals surface area contributed by atoms with Gasteiger partial charge in [0.1, 0.15) is 0 Å². The lowest BCUT2D eigenvalue weighted by Gasteiger charge is -2.33. The summed E-state index contributed by atoms with van der Waals surface area (Å²) in [6.45, 7) is 3.24. The second-order valence-electron chi connectivity index (χ2n) is 6.36. The lowest BCUT2D eigenvalue weighted by Crippen LogP contribution is -2.29. The third-order valence-corrected chi connectivity index (χ3v) is 4.87. The summed E-state index contributed by atoms with van der Waals surface area (Å²) in [6.07, 6.45) is 12.9. The Labute approximate surface area is 112 Å².